The molecular formula is C26H31N5O3. The highest BCUT2D eigenvalue weighted by Crippen LogP contribution is 2.40. The van der Waals surface area contributed by atoms with E-state index in [1.807, 2.05) is 50.3 Å². The molecule has 1 saturated carbocycles. The number of ether oxygens (including phenoxy) is 1. The van der Waals surface area contributed by atoms with Crippen molar-refractivity contribution >= 4 is 35.0 Å². The van der Waals surface area contributed by atoms with E-state index in [2.05, 4.69) is 15.2 Å². The summed E-state index contributed by atoms with van der Waals surface area (Å²) < 4.78 is 5.16. The summed E-state index contributed by atoms with van der Waals surface area (Å²) in [5, 5.41) is 3.30. The van der Waals surface area contributed by atoms with Crippen molar-refractivity contribution in [2.24, 2.45) is 5.41 Å². The zero-order valence-corrected chi connectivity index (χ0v) is 20.0. The Bertz CT molecular complexity index is 1140. The lowest BCUT2D eigenvalue weighted by molar-refractivity contribution is -0.143. The number of anilines is 4. The molecule has 0 bridgehead atoms. The number of fused-ring (bicyclic) bond motifs is 1. The van der Waals surface area contributed by atoms with Gasteiger partial charge in [-0.3, -0.25) is 9.59 Å². The Morgan fingerprint density at radius 3 is 2.74 bits per heavy atom. The molecule has 8 heteroatoms. The van der Waals surface area contributed by atoms with Crippen LogP contribution >= 0.6 is 0 Å². The van der Waals surface area contributed by atoms with Gasteiger partial charge in [-0.25, -0.2) is 4.98 Å². The number of amides is 1. The maximum Gasteiger partial charge on any atom is 0.317 e. The van der Waals surface area contributed by atoms with E-state index < -0.39 is 11.3 Å². The van der Waals surface area contributed by atoms with E-state index in [0.717, 1.165) is 35.6 Å². The molecule has 0 radical (unpaired) electrons. The van der Waals surface area contributed by atoms with Crippen LogP contribution in [0.1, 0.15) is 51.0 Å². The van der Waals surface area contributed by atoms with Gasteiger partial charge in [-0.15, -0.1) is 0 Å². The maximum atomic E-state index is 13.2. The lowest BCUT2D eigenvalue weighted by Gasteiger charge is -2.34. The highest BCUT2D eigenvalue weighted by Gasteiger charge is 2.41. The highest BCUT2D eigenvalue weighted by atomic mass is 16.5. The Balaban J connectivity index is 1.48. The molecule has 0 spiro atoms. The molecule has 3 aliphatic rings. The van der Waals surface area contributed by atoms with Crippen LogP contribution in [0, 0.1) is 5.41 Å². The molecule has 178 valence electrons. The summed E-state index contributed by atoms with van der Waals surface area (Å²) >= 11 is 0. The first-order valence-corrected chi connectivity index (χ1v) is 12.0. The zero-order chi connectivity index (χ0) is 23.9. The third kappa shape index (κ3) is 4.13. The molecule has 5 rings (SSSR count). The third-order valence-corrected chi connectivity index (χ3v) is 7.00. The number of nitrogens with one attached hydrogen (secondary N) is 1. The topological polar surface area (TPSA) is 87.7 Å². The predicted octanol–water partition coefficient (Wildman–Crippen LogP) is 4.17. The van der Waals surface area contributed by atoms with Gasteiger partial charge in [0, 0.05) is 25.3 Å². The van der Waals surface area contributed by atoms with Crippen molar-refractivity contribution in [3.8, 4) is 0 Å². The second-order valence-corrected chi connectivity index (χ2v) is 10.0. The first-order chi connectivity index (χ1) is 16.3. The van der Waals surface area contributed by atoms with Crippen LogP contribution in [0.4, 0.5) is 23.1 Å². The van der Waals surface area contributed by atoms with E-state index in [1.165, 1.54) is 12.8 Å². The lowest BCUT2D eigenvalue weighted by Crippen LogP contribution is -2.45. The van der Waals surface area contributed by atoms with Crippen LogP contribution in [0.15, 0.2) is 42.6 Å². The molecule has 0 saturated heterocycles. The number of carbonyl (C=O) groups is 2. The van der Waals surface area contributed by atoms with Crippen LogP contribution in [0.5, 0.6) is 0 Å². The van der Waals surface area contributed by atoms with Crippen molar-refractivity contribution in [1.29, 1.82) is 0 Å². The van der Waals surface area contributed by atoms with Gasteiger partial charge in [0.25, 0.3) is 0 Å². The molecule has 1 atom stereocenters. The van der Waals surface area contributed by atoms with Gasteiger partial charge in [-0.2, -0.15) is 4.98 Å². The second kappa shape index (κ2) is 8.74. The standard InChI is InChI=1S/C26H31N5O3/c1-26(2)16-31(19-10-4-5-11-19)22-21(30(3)24(26)33)15-27-25(29-22)28-18-9-6-8-17(14-18)20-12-7-13-34-23(20)32/h6-9,12,14-15,19-20H,4-5,10-11,13,16H2,1-3H3,(H,27,28,29). The number of carbonyl (C=O) groups excluding carboxylic acids is 2. The molecule has 1 aliphatic carbocycles. The van der Waals surface area contributed by atoms with E-state index in [1.54, 1.807) is 18.1 Å². The third-order valence-electron chi connectivity index (χ3n) is 7.00. The first-order valence-electron chi connectivity index (χ1n) is 12.0. The zero-order valence-electron chi connectivity index (χ0n) is 20.0. The minimum atomic E-state index is -0.526. The number of nitrogens with zero attached hydrogens (tertiary/aromatic N) is 4. The number of cyclic esters (lactones) is 1. The normalized spacial score (nSPS) is 22.4. The summed E-state index contributed by atoms with van der Waals surface area (Å²) in [4.78, 5) is 38.8. The summed E-state index contributed by atoms with van der Waals surface area (Å²) in [6.07, 6.45) is 10.1. The van der Waals surface area contributed by atoms with Crippen molar-refractivity contribution in [1.82, 2.24) is 9.97 Å². The van der Waals surface area contributed by atoms with Crippen molar-refractivity contribution in [2.45, 2.75) is 51.5 Å². The Morgan fingerprint density at radius 1 is 1.18 bits per heavy atom. The Labute approximate surface area is 200 Å². The molecule has 2 aliphatic heterocycles. The van der Waals surface area contributed by atoms with Crippen molar-refractivity contribution in [2.75, 3.05) is 35.3 Å². The molecule has 1 unspecified atom stereocenters. The summed E-state index contributed by atoms with van der Waals surface area (Å²) in [6.45, 7) is 4.95. The molecule has 1 aromatic carbocycles. The van der Waals surface area contributed by atoms with Crippen LogP contribution in [-0.2, 0) is 14.3 Å². The fraction of sp³-hybridized carbons (Fsp3) is 0.462. The Hall–Kier alpha value is -3.42. The van der Waals surface area contributed by atoms with Crippen LogP contribution < -0.4 is 15.1 Å². The van der Waals surface area contributed by atoms with E-state index in [4.69, 9.17) is 9.72 Å². The van der Waals surface area contributed by atoms with Gasteiger partial charge >= 0.3 is 5.97 Å². The van der Waals surface area contributed by atoms with Gasteiger partial charge in [-0.1, -0.05) is 37.1 Å². The minimum absolute atomic E-state index is 0.0682. The summed E-state index contributed by atoms with van der Waals surface area (Å²) in [7, 11) is 1.80. The van der Waals surface area contributed by atoms with Crippen LogP contribution in [0.25, 0.3) is 0 Å². The van der Waals surface area contributed by atoms with Crippen LogP contribution in [0.3, 0.4) is 0 Å². The van der Waals surface area contributed by atoms with Crippen molar-refractivity contribution in [3.63, 3.8) is 0 Å². The lowest BCUT2D eigenvalue weighted by atomic mass is 9.91. The van der Waals surface area contributed by atoms with E-state index >= 15 is 0 Å². The van der Waals surface area contributed by atoms with Gasteiger partial charge in [-0.05, 0) is 44.4 Å². The average Bonchev–Trinajstić information content (AvgIpc) is 3.35. The number of hydrogen-bond donors (Lipinski definition) is 1. The predicted molar refractivity (Wildman–Crippen MR) is 131 cm³/mol. The van der Waals surface area contributed by atoms with Crippen LogP contribution in [-0.4, -0.2) is 48.1 Å². The fourth-order valence-electron chi connectivity index (χ4n) is 5.20. The molecule has 1 aromatic heterocycles. The van der Waals surface area contributed by atoms with Gasteiger partial charge in [0.1, 0.15) is 18.2 Å². The van der Waals surface area contributed by atoms with Gasteiger partial charge in [0.2, 0.25) is 11.9 Å². The number of hydrogen-bond acceptors (Lipinski definition) is 7. The minimum Gasteiger partial charge on any atom is -0.461 e. The molecule has 3 heterocycles. The number of benzene rings is 1. The van der Waals surface area contributed by atoms with Crippen LogP contribution in [0.2, 0.25) is 0 Å². The molecular weight excluding hydrogens is 430 g/mol. The van der Waals surface area contributed by atoms with Crippen molar-refractivity contribution in [3.05, 3.63) is 48.2 Å². The Kier molecular flexibility index (Phi) is 5.75. The highest BCUT2D eigenvalue weighted by molar-refractivity contribution is 6.00. The number of aromatic nitrogens is 2. The second-order valence-electron chi connectivity index (χ2n) is 10.0. The largest absolute Gasteiger partial charge is 0.461 e. The van der Waals surface area contributed by atoms with Gasteiger partial charge in [0.15, 0.2) is 5.82 Å². The molecule has 1 amide bonds. The fourth-order valence-corrected chi connectivity index (χ4v) is 5.20. The molecule has 1 fully saturated rings. The Morgan fingerprint density at radius 2 is 1.97 bits per heavy atom. The maximum absolute atomic E-state index is 13.2. The van der Waals surface area contributed by atoms with E-state index in [-0.39, 0.29) is 11.9 Å². The smallest absolute Gasteiger partial charge is 0.317 e. The molecule has 1 N–H and O–H groups in total. The summed E-state index contributed by atoms with van der Waals surface area (Å²) in [5.41, 5.74) is 1.84. The number of rotatable bonds is 4. The average molecular weight is 462 g/mol. The van der Waals surface area contributed by atoms with E-state index in [0.29, 0.717) is 25.1 Å². The van der Waals surface area contributed by atoms with Gasteiger partial charge < -0.3 is 19.9 Å². The van der Waals surface area contributed by atoms with Crippen molar-refractivity contribution < 1.29 is 14.3 Å². The monoisotopic (exact) mass is 461 g/mol. The number of esters is 1. The quantitative estimate of drug-likeness (QED) is 0.540. The molecule has 8 nitrogen and oxygen atoms in total. The first kappa shape index (κ1) is 22.4. The van der Waals surface area contributed by atoms with Gasteiger partial charge in [0.05, 0.1) is 11.6 Å². The molecule has 2 aromatic rings. The molecule has 34 heavy (non-hydrogen) atoms. The SMILES string of the molecule is CN1C(=O)C(C)(C)CN(C2CCCC2)c2nc(Nc3cccc(C4C=CCOC4=O)c3)ncc21. The summed E-state index contributed by atoms with van der Waals surface area (Å²) in [5.74, 6) is 0.660. The van der Waals surface area contributed by atoms with E-state index in [9.17, 15) is 9.59 Å². The summed E-state index contributed by atoms with van der Waals surface area (Å²) in [6, 6.07) is 8.02.